The van der Waals surface area contributed by atoms with E-state index in [1.54, 1.807) is 6.08 Å². The number of carbonyl (C=O) groups is 2. The molecule has 2 amide bonds. The topological polar surface area (TPSA) is 40.6 Å². The number of nitrogens with zero attached hydrogens (tertiary/aromatic N) is 2. The van der Waals surface area contributed by atoms with E-state index < -0.39 is 0 Å². The Kier molecular flexibility index (Phi) is 5.81. The second-order valence-corrected chi connectivity index (χ2v) is 7.55. The first-order valence-corrected chi connectivity index (χ1v) is 9.51. The van der Waals surface area contributed by atoms with Crippen LogP contribution < -0.4 is 4.90 Å². The fraction of sp³-hybridized carbons (Fsp3) is 0.182. The van der Waals surface area contributed by atoms with Crippen molar-refractivity contribution in [1.29, 1.82) is 0 Å². The van der Waals surface area contributed by atoms with E-state index in [-0.39, 0.29) is 11.1 Å². The summed E-state index contributed by atoms with van der Waals surface area (Å²) in [6, 6.07) is 15.9. The Balaban J connectivity index is 1.69. The molecule has 0 atom stereocenters. The minimum Gasteiger partial charge on any atom is -0.378 e. The number of thioether (sulfide) groups is 1. The molecule has 1 aliphatic heterocycles. The van der Waals surface area contributed by atoms with E-state index in [0.717, 1.165) is 34.1 Å². The van der Waals surface area contributed by atoms with Crippen molar-refractivity contribution in [2.45, 2.75) is 13.5 Å². The van der Waals surface area contributed by atoms with Gasteiger partial charge in [0.05, 0.1) is 11.4 Å². The van der Waals surface area contributed by atoms with Gasteiger partial charge in [-0.2, -0.15) is 0 Å². The zero-order valence-corrected chi connectivity index (χ0v) is 16.5. The average molecular weight is 378 g/mol. The number of hydrogen-bond donors (Lipinski definition) is 0. The van der Waals surface area contributed by atoms with Crippen molar-refractivity contribution in [3.8, 4) is 0 Å². The number of amides is 2. The molecule has 0 bridgehead atoms. The summed E-state index contributed by atoms with van der Waals surface area (Å²) in [6.07, 6.45) is 5.45. The molecule has 138 valence electrons. The van der Waals surface area contributed by atoms with Crippen LogP contribution in [-0.4, -0.2) is 30.1 Å². The van der Waals surface area contributed by atoms with Crippen LogP contribution in [0.25, 0.3) is 6.08 Å². The van der Waals surface area contributed by atoms with Gasteiger partial charge in [-0.25, -0.2) is 0 Å². The summed E-state index contributed by atoms with van der Waals surface area (Å²) < 4.78 is 0. The van der Waals surface area contributed by atoms with Gasteiger partial charge in [-0.15, -0.1) is 0 Å². The van der Waals surface area contributed by atoms with Gasteiger partial charge in [0, 0.05) is 19.8 Å². The first kappa shape index (κ1) is 19.0. The predicted molar refractivity (Wildman–Crippen MR) is 113 cm³/mol. The first-order valence-electron chi connectivity index (χ1n) is 8.69. The number of aryl methyl sites for hydroxylation is 1. The molecule has 1 heterocycles. The van der Waals surface area contributed by atoms with Crippen LogP contribution in [0.3, 0.4) is 0 Å². The summed E-state index contributed by atoms with van der Waals surface area (Å²) in [7, 11) is 4.00. The molecule has 2 aromatic carbocycles. The number of hydrogen-bond acceptors (Lipinski definition) is 4. The number of allylic oxidation sites excluding steroid dienone is 2. The van der Waals surface area contributed by atoms with Crippen molar-refractivity contribution in [3.05, 3.63) is 82.3 Å². The molecule has 27 heavy (non-hydrogen) atoms. The third-order valence-corrected chi connectivity index (χ3v) is 5.33. The molecule has 0 unspecified atom stereocenters. The van der Waals surface area contributed by atoms with Crippen molar-refractivity contribution in [3.63, 3.8) is 0 Å². The molecule has 0 aromatic heterocycles. The van der Waals surface area contributed by atoms with E-state index in [1.807, 2.05) is 86.6 Å². The lowest BCUT2D eigenvalue weighted by molar-refractivity contribution is -0.123. The SMILES string of the molecule is Cc1ccccc1CN1C(=O)S/C(=C\C=C\c2ccc(N(C)C)cc2)C1=O. The minimum atomic E-state index is -0.235. The van der Waals surface area contributed by atoms with E-state index in [2.05, 4.69) is 0 Å². The van der Waals surface area contributed by atoms with Gasteiger partial charge < -0.3 is 4.90 Å². The molecule has 0 saturated carbocycles. The lowest BCUT2D eigenvalue weighted by atomic mass is 10.1. The standard InChI is InChI=1S/C22H22N2O2S/c1-16-7-4-5-9-18(16)15-24-21(25)20(27-22(24)26)10-6-8-17-11-13-19(14-12-17)23(2)3/h4-14H,15H2,1-3H3/b8-6+,20-10-. The van der Waals surface area contributed by atoms with Crippen molar-refractivity contribution in [2.24, 2.45) is 0 Å². The van der Waals surface area contributed by atoms with Crippen LogP contribution in [0.4, 0.5) is 10.5 Å². The van der Waals surface area contributed by atoms with Crippen LogP contribution in [0, 0.1) is 6.92 Å². The zero-order chi connectivity index (χ0) is 19.4. The molecule has 3 rings (SSSR count). The number of carbonyl (C=O) groups excluding carboxylic acids is 2. The maximum absolute atomic E-state index is 12.6. The molecular weight excluding hydrogens is 356 g/mol. The van der Waals surface area contributed by atoms with E-state index in [1.165, 1.54) is 4.90 Å². The molecule has 1 aliphatic rings. The Morgan fingerprint density at radius 2 is 1.74 bits per heavy atom. The highest BCUT2D eigenvalue weighted by Crippen LogP contribution is 2.32. The summed E-state index contributed by atoms with van der Waals surface area (Å²) in [6.45, 7) is 2.29. The van der Waals surface area contributed by atoms with Gasteiger partial charge in [0.25, 0.3) is 11.1 Å². The van der Waals surface area contributed by atoms with Gasteiger partial charge >= 0.3 is 0 Å². The fourth-order valence-electron chi connectivity index (χ4n) is 2.74. The van der Waals surface area contributed by atoms with Gasteiger partial charge in [0.1, 0.15) is 0 Å². The van der Waals surface area contributed by atoms with E-state index in [0.29, 0.717) is 11.4 Å². The average Bonchev–Trinajstić information content (AvgIpc) is 2.91. The van der Waals surface area contributed by atoms with Gasteiger partial charge in [0.2, 0.25) is 0 Å². The Morgan fingerprint density at radius 1 is 1.04 bits per heavy atom. The normalized spacial score (nSPS) is 16.0. The van der Waals surface area contributed by atoms with Crippen LogP contribution in [0.1, 0.15) is 16.7 Å². The Labute approximate surface area is 164 Å². The molecular formula is C22H22N2O2S. The Hall–Kier alpha value is -2.79. The minimum absolute atomic E-state index is 0.224. The molecule has 0 aliphatic carbocycles. The monoisotopic (exact) mass is 378 g/mol. The highest BCUT2D eigenvalue weighted by Gasteiger charge is 2.34. The largest absolute Gasteiger partial charge is 0.378 e. The predicted octanol–water partition coefficient (Wildman–Crippen LogP) is 4.85. The van der Waals surface area contributed by atoms with E-state index in [4.69, 9.17) is 0 Å². The van der Waals surface area contributed by atoms with Gasteiger partial charge in [-0.1, -0.05) is 48.6 Å². The van der Waals surface area contributed by atoms with E-state index >= 15 is 0 Å². The number of imide groups is 1. The van der Waals surface area contributed by atoms with Crippen molar-refractivity contribution >= 4 is 34.7 Å². The molecule has 5 heteroatoms. The smallest absolute Gasteiger partial charge is 0.293 e. The van der Waals surface area contributed by atoms with E-state index in [9.17, 15) is 9.59 Å². The van der Waals surface area contributed by atoms with Crippen molar-refractivity contribution in [1.82, 2.24) is 4.90 Å². The third-order valence-electron chi connectivity index (χ3n) is 4.41. The number of rotatable bonds is 5. The summed E-state index contributed by atoms with van der Waals surface area (Å²) >= 11 is 0.989. The Bertz CT molecular complexity index is 914. The zero-order valence-electron chi connectivity index (χ0n) is 15.7. The van der Waals surface area contributed by atoms with Gasteiger partial charge in [-0.05, 0) is 53.6 Å². The first-order chi connectivity index (χ1) is 13.0. The third kappa shape index (κ3) is 4.49. The maximum atomic E-state index is 12.6. The van der Waals surface area contributed by atoms with Crippen molar-refractivity contribution < 1.29 is 9.59 Å². The highest BCUT2D eigenvalue weighted by atomic mass is 32.2. The molecule has 1 saturated heterocycles. The quantitative estimate of drug-likeness (QED) is 0.697. The fourth-order valence-corrected chi connectivity index (χ4v) is 3.53. The van der Waals surface area contributed by atoms with Crippen molar-refractivity contribution in [2.75, 3.05) is 19.0 Å². The van der Waals surface area contributed by atoms with Gasteiger partial charge in [0.15, 0.2) is 0 Å². The Morgan fingerprint density at radius 3 is 2.41 bits per heavy atom. The number of anilines is 1. The molecule has 2 aromatic rings. The van der Waals surface area contributed by atoms with Crippen LogP contribution >= 0.6 is 11.8 Å². The molecule has 0 N–H and O–H groups in total. The molecule has 1 fully saturated rings. The van der Waals surface area contributed by atoms with Crippen LogP contribution in [-0.2, 0) is 11.3 Å². The lowest BCUT2D eigenvalue weighted by Crippen LogP contribution is -2.27. The van der Waals surface area contributed by atoms with Crippen LogP contribution in [0.15, 0.2) is 65.6 Å². The molecule has 0 radical (unpaired) electrons. The summed E-state index contributed by atoms with van der Waals surface area (Å²) in [5.41, 5.74) is 4.22. The summed E-state index contributed by atoms with van der Waals surface area (Å²) in [5, 5.41) is -0.224. The van der Waals surface area contributed by atoms with Crippen LogP contribution in [0.5, 0.6) is 0 Å². The summed E-state index contributed by atoms with van der Waals surface area (Å²) in [4.78, 5) is 28.6. The molecule has 4 nitrogen and oxygen atoms in total. The highest BCUT2D eigenvalue weighted by molar-refractivity contribution is 8.18. The summed E-state index contributed by atoms with van der Waals surface area (Å²) in [5.74, 6) is -0.235. The van der Waals surface area contributed by atoms with Gasteiger partial charge in [-0.3, -0.25) is 14.5 Å². The van der Waals surface area contributed by atoms with Crippen LogP contribution in [0.2, 0.25) is 0 Å². The number of benzene rings is 2. The second kappa shape index (κ2) is 8.27. The molecule has 0 spiro atoms. The second-order valence-electron chi connectivity index (χ2n) is 6.56. The maximum Gasteiger partial charge on any atom is 0.293 e. The lowest BCUT2D eigenvalue weighted by Gasteiger charge is -2.14.